The standard InChI is InChI=1S/C19H30O5S/c1-17-12-14-18(15-13-17)25(22,23)24-16-10-8-6-4-2-3-5-7-9-11-19(20)21/h12-15H,2-11,16H2,1H3,(H,20,21). The van der Waals surface area contributed by atoms with Crippen molar-refractivity contribution in [2.45, 2.75) is 76.0 Å². The van der Waals surface area contributed by atoms with Gasteiger partial charge in [0.05, 0.1) is 11.5 Å². The minimum absolute atomic E-state index is 0.209. The lowest BCUT2D eigenvalue weighted by molar-refractivity contribution is -0.137. The maximum Gasteiger partial charge on any atom is 0.303 e. The van der Waals surface area contributed by atoms with Crippen LogP contribution in [0.15, 0.2) is 29.2 Å². The summed E-state index contributed by atoms with van der Waals surface area (Å²) in [6.07, 6.45) is 9.29. The predicted octanol–water partition coefficient (Wildman–Crippen LogP) is 4.69. The lowest BCUT2D eigenvalue weighted by Gasteiger charge is -2.06. The molecule has 0 saturated heterocycles. The van der Waals surface area contributed by atoms with E-state index in [2.05, 4.69) is 0 Å². The van der Waals surface area contributed by atoms with E-state index in [4.69, 9.17) is 9.29 Å². The average Bonchev–Trinajstić information content (AvgIpc) is 2.56. The number of unbranched alkanes of at least 4 members (excludes halogenated alkanes) is 8. The highest BCUT2D eigenvalue weighted by Crippen LogP contribution is 2.15. The molecule has 0 aromatic heterocycles. The summed E-state index contributed by atoms with van der Waals surface area (Å²) in [5.74, 6) is -0.716. The Balaban J connectivity index is 1.99. The molecule has 1 aromatic carbocycles. The summed E-state index contributed by atoms with van der Waals surface area (Å²) in [5, 5.41) is 8.54. The maximum atomic E-state index is 12.0. The van der Waals surface area contributed by atoms with Crippen LogP contribution in [-0.4, -0.2) is 26.1 Å². The molecule has 0 heterocycles. The van der Waals surface area contributed by atoms with Crippen molar-refractivity contribution >= 4 is 16.1 Å². The Morgan fingerprint density at radius 2 is 1.36 bits per heavy atom. The molecule has 5 nitrogen and oxygen atoms in total. The zero-order chi connectivity index (χ0) is 18.5. The molecule has 1 N–H and O–H groups in total. The molecule has 0 aliphatic rings. The third-order valence-electron chi connectivity index (χ3n) is 4.08. The van der Waals surface area contributed by atoms with E-state index in [1.807, 2.05) is 6.92 Å². The Labute approximate surface area is 151 Å². The highest BCUT2D eigenvalue weighted by atomic mass is 32.2. The van der Waals surface area contributed by atoms with Crippen molar-refractivity contribution in [2.75, 3.05) is 6.61 Å². The first-order valence-corrected chi connectivity index (χ1v) is 10.5. The molecule has 1 rings (SSSR count). The summed E-state index contributed by atoms with van der Waals surface area (Å²) in [6, 6.07) is 6.66. The number of carboxylic acid groups (broad SMARTS) is 1. The molecule has 0 saturated carbocycles. The van der Waals surface area contributed by atoms with Gasteiger partial charge in [0.1, 0.15) is 0 Å². The molecule has 0 atom stereocenters. The van der Waals surface area contributed by atoms with Gasteiger partial charge in [-0.05, 0) is 31.9 Å². The van der Waals surface area contributed by atoms with Crippen LogP contribution in [0.1, 0.15) is 69.8 Å². The van der Waals surface area contributed by atoms with Crippen LogP contribution in [0.2, 0.25) is 0 Å². The topological polar surface area (TPSA) is 80.7 Å². The largest absolute Gasteiger partial charge is 0.481 e. The smallest absolute Gasteiger partial charge is 0.303 e. The quantitative estimate of drug-likeness (QED) is 0.380. The van der Waals surface area contributed by atoms with E-state index in [-0.39, 0.29) is 17.9 Å². The first-order valence-electron chi connectivity index (χ1n) is 9.10. The Hall–Kier alpha value is -1.40. The van der Waals surface area contributed by atoms with Crippen molar-refractivity contribution in [3.63, 3.8) is 0 Å². The second kappa shape index (κ2) is 12.0. The summed E-state index contributed by atoms with van der Waals surface area (Å²) in [6.45, 7) is 2.14. The SMILES string of the molecule is Cc1ccc(S(=O)(=O)OCCCCCCCCCCCC(=O)O)cc1. The van der Waals surface area contributed by atoms with Crippen molar-refractivity contribution in [1.29, 1.82) is 0 Å². The predicted molar refractivity (Wildman–Crippen MR) is 98.1 cm³/mol. The fourth-order valence-corrected chi connectivity index (χ4v) is 3.50. The van der Waals surface area contributed by atoms with Crippen molar-refractivity contribution in [3.05, 3.63) is 29.8 Å². The monoisotopic (exact) mass is 370 g/mol. The number of carbonyl (C=O) groups is 1. The van der Waals surface area contributed by atoms with E-state index < -0.39 is 16.1 Å². The van der Waals surface area contributed by atoms with Crippen LogP contribution in [0.3, 0.4) is 0 Å². The van der Waals surface area contributed by atoms with E-state index in [0.717, 1.165) is 63.4 Å². The van der Waals surface area contributed by atoms with Crippen LogP contribution in [0.4, 0.5) is 0 Å². The molecule has 0 amide bonds. The van der Waals surface area contributed by atoms with E-state index in [1.54, 1.807) is 24.3 Å². The Bertz CT molecular complexity index is 593. The molecule has 142 valence electrons. The lowest BCUT2D eigenvalue weighted by atomic mass is 10.1. The molecule has 0 bridgehead atoms. The minimum Gasteiger partial charge on any atom is -0.481 e. The summed E-state index contributed by atoms with van der Waals surface area (Å²) in [4.78, 5) is 10.6. The van der Waals surface area contributed by atoms with Crippen molar-refractivity contribution in [3.8, 4) is 0 Å². The Kier molecular flexibility index (Phi) is 10.4. The maximum absolute atomic E-state index is 12.0. The normalized spacial score (nSPS) is 11.6. The second-order valence-corrected chi connectivity index (χ2v) is 8.03. The van der Waals surface area contributed by atoms with Gasteiger partial charge in [-0.15, -0.1) is 0 Å². The van der Waals surface area contributed by atoms with Gasteiger partial charge < -0.3 is 5.11 Å². The molecule has 0 spiro atoms. The summed E-state index contributed by atoms with van der Waals surface area (Å²) in [5.41, 5.74) is 1.01. The third-order valence-corrected chi connectivity index (χ3v) is 5.41. The van der Waals surface area contributed by atoms with Crippen LogP contribution in [-0.2, 0) is 19.1 Å². The number of aryl methyl sites for hydroxylation is 1. The molecule has 1 aromatic rings. The summed E-state index contributed by atoms with van der Waals surface area (Å²) < 4.78 is 29.0. The van der Waals surface area contributed by atoms with Crippen LogP contribution < -0.4 is 0 Å². The second-order valence-electron chi connectivity index (χ2n) is 6.41. The van der Waals surface area contributed by atoms with Gasteiger partial charge in [-0.2, -0.15) is 8.42 Å². The highest BCUT2D eigenvalue weighted by Gasteiger charge is 2.14. The molecule has 0 aliphatic heterocycles. The van der Waals surface area contributed by atoms with Crippen molar-refractivity contribution < 1.29 is 22.5 Å². The number of aliphatic carboxylic acids is 1. The molecular formula is C19H30O5S. The van der Waals surface area contributed by atoms with Gasteiger partial charge in [-0.1, -0.05) is 62.6 Å². The minimum atomic E-state index is -3.64. The first-order chi connectivity index (χ1) is 11.9. The van der Waals surface area contributed by atoms with E-state index in [1.165, 1.54) is 0 Å². The Morgan fingerprint density at radius 3 is 1.88 bits per heavy atom. The van der Waals surface area contributed by atoms with E-state index in [9.17, 15) is 13.2 Å². The Morgan fingerprint density at radius 1 is 0.880 bits per heavy atom. The molecule has 0 unspecified atom stereocenters. The van der Waals surface area contributed by atoms with Gasteiger partial charge in [-0.3, -0.25) is 8.98 Å². The average molecular weight is 371 g/mol. The molecule has 6 heteroatoms. The lowest BCUT2D eigenvalue weighted by Crippen LogP contribution is -2.07. The first kappa shape index (κ1) is 21.6. The van der Waals surface area contributed by atoms with Crippen LogP contribution in [0.25, 0.3) is 0 Å². The third kappa shape index (κ3) is 10.2. The molecular weight excluding hydrogens is 340 g/mol. The van der Waals surface area contributed by atoms with Crippen molar-refractivity contribution in [2.24, 2.45) is 0 Å². The number of hydrogen-bond donors (Lipinski definition) is 1. The zero-order valence-corrected chi connectivity index (χ0v) is 15.9. The zero-order valence-electron chi connectivity index (χ0n) is 15.1. The highest BCUT2D eigenvalue weighted by molar-refractivity contribution is 7.86. The van der Waals surface area contributed by atoms with Gasteiger partial charge >= 0.3 is 5.97 Å². The van der Waals surface area contributed by atoms with Crippen molar-refractivity contribution in [1.82, 2.24) is 0 Å². The molecule has 25 heavy (non-hydrogen) atoms. The summed E-state index contributed by atoms with van der Waals surface area (Å²) >= 11 is 0. The summed E-state index contributed by atoms with van der Waals surface area (Å²) in [7, 11) is -3.64. The van der Waals surface area contributed by atoms with Gasteiger partial charge in [-0.25, -0.2) is 0 Å². The van der Waals surface area contributed by atoms with Gasteiger partial charge in [0.15, 0.2) is 0 Å². The number of hydrogen-bond acceptors (Lipinski definition) is 4. The van der Waals surface area contributed by atoms with Gasteiger partial charge in [0.25, 0.3) is 10.1 Å². The van der Waals surface area contributed by atoms with E-state index >= 15 is 0 Å². The molecule has 0 aliphatic carbocycles. The van der Waals surface area contributed by atoms with Crippen LogP contribution in [0, 0.1) is 6.92 Å². The van der Waals surface area contributed by atoms with Crippen LogP contribution in [0.5, 0.6) is 0 Å². The van der Waals surface area contributed by atoms with Gasteiger partial charge in [0.2, 0.25) is 0 Å². The van der Waals surface area contributed by atoms with E-state index in [0.29, 0.717) is 0 Å². The van der Waals surface area contributed by atoms with Crippen LogP contribution >= 0.6 is 0 Å². The van der Waals surface area contributed by atoms with Gasteiger partial charge in [0, 0.05) is 6.42 Å². The molecule has 0 radical (unpaired) electrons. The number of rotatable bonds is 14. The molecule has 0 fully saturated rings. The number of carboxylic acids is 1. The fourth-order valence-electron chi connectivity index (χ4n) is 2.56. The number of benzene rings is 1. The fraction of sp³-hybridized carbons (Fsp3) is 0.632.